The van der Waals surface area contributed by atoms with Gasteiger partial charge in [0, 0.05) is 29.3 Å². The average Bonchev–Trinajstić information content (AvgIpc) is 3.26. The highest BCUT2D eigenvalue weighted by Crippen LogP contribution is 2.32. The summed E-state index contributed by atoms with van der Waals surface area (Å²) in [6.45, 7) is 5.34. The number of aryl methyl sites for hydroxylation is 2. The zero-order valence-corrected chi connectivity index (χ0v) is 19.3. The summed E-state index contributed by atoms with van der Waals surface area (Å²) < 4.78 is 18.3. The van der Waals surface area contributed by atoms with Crippen LogP contribution in [0.3, 0.4) is 0 Å². The Kier molecular flexibility index (Phi) is 5.86. The predicted octanol–water partition coefficient (Wildman–Crippen LogP) is 4.91. The Hall–Kier alpha value is -3.23. The van der Waals surface area contributed by atoms with Gasteiger partial charge in [0.2, 0.25) is 0 Å². The van der Waals surface area contributed by atoms with E-state index in [9.17, 15) is 9.18 Å². The molecule has 1 atom stereocenters. The van der Waals surface area contributed by atoms with Crippen LogP contribution in [-0.4, -0.2) is 39.4 Å². The molecule has 1 saturated heterocycles. The summed E-state index contributed by atoms with van der Waals surface area (Å²) in [6.07, 6.45) is 3.50. The van der Waals surface area contributed by atoms with E-state index in [4.69, 9.17) is 0 Å². The molecule has 1 unspecified atom stereocenters. The molecule has 1 aliphatic rings. The number of pyridine rings is 1. The smallest absolute Gasteiger partial charge is 0.259 e. The summed E-state index contributed by atoms with van der Waals surface area (Å²) in [4.78, 5) is 24.7. The fourth-order valence-corrected chi connectivity index (χ4v) is 5.11. The monoisotopic (exact) mass is 461 g/mol. The number of amides is 1. The van der Waals surface area contributed by atoms with E-state index < -0.39 is 0 Å². The molecule has 5 rings (SSSR count). The van der Waals surface area contributed by atoms with Crippen LogP contribution in [0.5, 0.6) is 0 Å². The molecule has 0 saturated carbocycles. The van der Waals surface area contributed by atoms with Gasteiger partial charge in [-0.05, 0) is 86.0 Å². The maximum Gasteiger partial charge on any atom is 0.259 e. The van der Waals surface area contributed by atoms with Gasteiger partial charge in [0.15, 0.2) is 0 Å². The van der Waals surface area contributed by atoms with Crippen molar-refractivity contribution in [3.05, 3.63) is 71.4 Å². The third kappa shape index (κ3) is 4.24. The second-order valence-electron chi connectivity index (χ2n) is 8.35. The number of carbonyl (C=O) groups excluding carboxylic acids is 1. The van der Waals surface area contributed by atoms with E-state index in [1.165, 1.54) is 23.7 Å². The van der Waals surface area contributed by atoms with E-state index >= 15 is 0 Å². The van der Waals surface area contributed by atoms with Crippen molar-refractivity contribution in [1.29, 1.82) is 0 Å². The quantitative estimate of drug-likeness (QED) is 0.468. The molecule has 6 nitrogen and oxygen atoms in total. The minimum Gasteiger partial charge on any atom is -0.315 e. The molecule has 8 heteroatoms. The largest absolute Gasteiger partial charge is 0.315 e. The van der Waals surface area contributed by atoms with E-state index in [0.717, 1.165) is 52.1 Å². The van der Waals surface area contributed by atoms with Crippen LogP contribution in [0.1, 0.15) is 34.6 Å². The van der Waals surface area contributed by atoms with Gasteiger partial charge in [-0.15, -0.1) is 0 Å². The summed E-state index contributed by atoms with van der Waals surface area (Å²) in [5.41, 5.74) is 2.26. The third-order valence-electron chi connectivity index (χ3n) is 5.99. The molecule has 1 N–H and O–H groups in total. The predicted molar refractivity (Wildman–Crippen MR) is 129 cm³/mol. The zero-order chi connectivity index (χ0) is 22.9. The van der Waals surface area contributed by atoms with E-state index in [2.05, 4.69) is 19.7 Å². The Labute approximate surface area is 195 Å². The Morgan fingerprint density at radius 2 is 2.00 bits per heavy atom. The van der Waals surface area contributed by atoms with Crippen LogP contribution in [0.25, 0.3) is 21.3 Å². The highest BCUT2D eigenvalue weighted by Gasteiger charge is 2.30. The standard InChI is InChI=1S/C25H24FN5OS/c1-15-12-20(26)13-19-9-11-28-23(22(15)19)31(21-4-3-10-27-14-21)25(32)18-7-5-17(6-8-18)24-29-16(2)30-33-24/h5-9,11-13,21,27H,3-4,10,14H2,1-2H3. The lowest BCUT2D eigenvalue weighted by atomic mass is 10.0. The lowest BCUT2D eigenvalue weighted by molar-refractivity contribution is 0.0972. The molecule has 0 aliphatic carbocycles. The normalized spacial score (nSPS) is 16.2. The van der Waals surface area contributed by atoms with Crippen LogP contribution in [0, 0.1) is 19.7 Å². The van der Waals surface area contributed by atoms with Crippen molar-refractivity contribution < 1.29 is 9.18 Å². The lowest BCUT2D eigenvalue weighted by Gasteiger charge is -2.35. The number of hydrogen-bond donors (Lipinski definition) is 1. The Morgan fingerprint density at radius 3 is 2.70 bits per heavy atom. The van der Waals surface area contributed by atoms with Crippen molar-refractivity contribution in [3.8, 4) is 10.6 Å². The SMILES string of the molecule is Cc1nsc(-c2ccc(C(=O)N(c3nccc4cc(F)cc(C)c34)C3CCCNC3)cc2)n1. The maximum atomic E-state index is 14.1. The number of nitrogens with one attached hydrogen (secondary N) is 1. The molecule has 0 spiro atoms. The summed E-state index contributed by atoms with van der Waals surface area (Å²) in [6, 6.07) is 12.2. The van der Waals surface area contributed by atoms with Crippen molar-refractivity contribution in [2.24, 2.45) is 0 Å². The van der Waals surface area contributed by atoms with Crippen LogP contribution < -0.4 is 10.2 Å². The van der Waals surface area contributed by atoms with Crippen molar-refractivity contribution in [2.45, 2.75) is 32.7 Å². The molecule has 2 aromatic heterocycles. The van der Waals surface area contributed by atoms with E-state index in [1.54, 1.807) is 17.2 Å². The Morgan fingerprint density at radius 1 is 1.18 bits per heavy atom. The summed E-state index contributed by atoms with van der Waals surface area (Å²) in [5.74, 6) is 0.900. The number of halogens is 1. The number of hydrogen-bond acceptors (Lipinski definition) is 6. The fourth-order valence-electron chi connectivity index (χ4n) is 4.44. The van der Waals surface area contributed by atoms with Gasteiger partial charge in [-0.25, -0.2) is 14.4 Å². The molecular formula is C25H24FN5OS. The molecule has 33 heavy (non-hydrogen) atoms. The van der Waals surface area contributed by atoms with Gasteiger partial charge in [-0.1, -0.05) is 12.1 Å². The van der Waals surface area contributed by atoms with E-state index in [1.807, 2.05) is 38.1 Å². The number of carbonyl (C=O) groups is 1. The Bertz CT molecular complexity index is 1310. The molecule has 4 aromatic rings. The first kappa shape index (κ1) is 21.6. The zero-order valence-electron chi connectivity index (χ0n) is 18.5. The highest BCUT2D eigenvalue weighted by molar-refractivity contribution is 7.09. The summed E-state index contributed by atoms with van der Waals surface area (Å²) in [7, 11) is 0. The molecule has 1 aliphatic heterocycles. The first-order valence-corrected chi connectivity index (χ1v) is 11.8. The van der Waals surface area contributed by atoms with E-state index in [-0.39, 0.29) is 17.8 Å². The minimum atomic E-state index is -0.295. The number of piperidine rings is 1. The molecule has 168 valence electrons. The number of anilines is 1. The van der Waals surface area contributed by atoms with Crippen LogP contribution in [0.15, 0.2) is 48.7 Å². The molecule has 2 aromatic carbocycles. The molecule has 0 radical (unpaired) electrons. The van der Waals surface area contributed by atoms with E-state index in [0.29, 0.717) is 17.9 Å². The van der Waals surface area contributed by atoms with Crippen LogP contribution >= 0.6 is 11.5 Å². The molecular weight excluding hydrogens is 437 g/mol. The third-order valence-corrected chi connectivity index (χ3v) is 6.85. The van der Waals surface area contributed by atoms with Gasteiger partial charge in [0.25, 0.3) is 5.91 Å². The summed E-state index contributed by atoms with van der Waals surface area (Å²) >= 11 is 1.34. The maximum absolute atomic E-state index is 14.1. The Balaban J connectivity index is 1.58. The van der Waals surface area contributed by atoms with Gasteiger partial charge < -0.3 is 5.32 Å². The van der Waals surface area contributed by atoms with Crippen LogP contribution in [0.4, 0.5) is 10.2 Å². The summed E-state index contributed by atoms with van der Waals surface area (Å²) in [5, 5.41) is 5.77. The van der Waals surface area contributed by atoms with Crippen molar-refractivity contribution in [3.63, 3.8) is 0 Å². The van der Waals surface area contributed by atoms with Gasteiger partial charge >= 0.3 is 0 Å². The first-order valence-electron chi connectivity index (χ1n) is 11.0. The van der Waals surface area contributed by atoms with Crippen molar-refractivity contribution in [2.75, 3.05) is 18.0 Å². The first-order chi connectivity index (χ1) is 16.0. The minimum absolute atomic E-state index is 0.0423. The molecule has 3 heterocycles. The number of benzene rings is 2. The number of nitrogens with zero attached hydrogens (tertiary/aromatic N) is 4. The highest BCUT2D eigenvalue weighted by atomic mass is 32.1. The van der Waals surface area contributed by atoms with Gasteiger partial charge in [-0.3, -0.25) is 9.69 Å². The number of aromatic nitrogens is 3. The lowest BCUT2D eigenvalue weighted by Crippen LogP contribution is -2.49. The average molecular weight is 462 g/mol. The van der Waals surface area contributed by atoms with Crippen LogP contribution in [-0.2, 0) is 0 Å². The molecule has 1 fully saturated rings. The van der Waals surface area contributed by atoms with Crippen LogP contribution in [0.2, 0.25) is 0 Å². The molecule has 1 amide bonds. The second-order valence-corrected chi connectivity index (χ2v) is 9.11. The topological polar surface area (TPSA) is 71.0 Å². The second kappa shape index (κ2) is 8.96. The molecule has 0 bridgehead atoms. The van der Waals surface area contributed by atoms with Crippen molar-refractivity contribution >= 4 is 34.0 Å². The number of rotatable bonds is 4. The number of fused-ring (bicyclic) bond motifs is 1. The van der Waals surface area contributed by atoms with Gasteiger partial charge in [0.1, 0.15) is 22.5 Å². The van der Waals surface area contributed by atoms with Gasteiger partial charge in [-0.2, -0.15) is 4.37 Å². The van der Waals surface area contributed by atoms with Crippen molar-refractivity contribution in [1.82, 2.24) is 19.7 Å². The fraction of sp³-hybridized carbons (Fsp3) is 0.280. The van der Waals surface area contributed by atoms with Gasteiger partial charge in [0.05, 0.1) is 6.04 Å².